The molecule has 32 heavy (non-hydrogen) atoms. The summed E-state index contributed by atoms with van der Waals surface area (Å²) in [5.41, 5.74) is 2.95. The molecule has 0 aliphatic carbocycles. The first-order valence-electron chi connectivity index (χ1n) is 9.90. The first-order valence-corrected chi connectivity index (χ1v) is 10.3. The van der Waals surface area contributed by atoms with Crippen LogP contribution in [0.5, 0.6) is 5.75 Å². The zero-order valence-electron chi connectivity index (χ0n) is 17.5. The number of ether oxygens (including phenoxy) is 1. The number of hydrogen-bond donors (Lipinski definition) is 2. The molecule has 2 N–H and O–H groups in total. The molecule has 1 atom stereocenters. The molecule has 0 bridgehead atoms. The Balaban J connectivity index is 1.62. The Bertz CT molecular complexity index is 1230. The zero-order valence-corrected chi connectivity index (χ0v) is 18.3. The van der Waals surface area contributed by atoms with Gasteiger partial charge in [0.25, 0.3) is 0 Å². The summed E-state index contributed by atoms with van der Waals surface area (Å²) in [6.45, 7) is 1.93. The highest BCUT2D eigenvalue weighted by Gasteiger charge is 2.24. The summed E-state index contributed by atoms with van der Waals surface area (Å²) in [6.07, 6.45) is 0. The van der Waals surface area contributed by atoms with Crippen LogP contribution in [-0.2, 0) is 0 Å². The molecule has 1 heterocycles. The van der Waals surface area contributed by atoms with E-state index in [4.69, 9.17) is 20.8 Å². The number of rotatable bonds is 6. The van der Waals surface area contributed by atoms with Crippen LogP contribution in [-0.4, -0.2) is 23.3 Å². The van der Waals surface area contributed by atoms with Crippen molar-refractivity contribution in [3.63, 3.8) is 0 Å². The molecular formula is C24H21ClN4O3. The molecule has 1 aromatic heterocycles. The van der Waals surface area contributed by atoms with E-state index in [0.29, 0.717) is 22.0 Å². The molecule has 8 heteroatoms. The van der Waals surface area contributed by atoms with Crippen molar-refractivity contribution in [2.45, 2.75) is 13.0 Å². The van der Waals surface area contributed by atoms with Gasteiger partial charge in [-0.2, -0.15) is 0 Å². The van der Waals surface area contributed by atoms with E-state index in [-0.39, 0.29) is 11.8 Å². The maximum absolute atomic E-state index is 12.9. The van der Waals surface area contributed by atoms with Crippen molar-refractivity contribution >= 4 is 23.3 Å². The van der Waals surface area contributed by atoms with Crippen LogP contribution >= 0.6 is 11.6 Å². The normalized spacial score (nSPS) is 11.6. The fourth-order valence-corrected chi connectivity index (χ4v) is 3.45. The minimum absolute atomic E-state index is 0.234. The number of urea groups is 1. The minimum Gasteiger partial charge on any atom is -0.495 e. The highest BCUT2D eigenvalue weighted by Crippen LogP contribution is 2.30. The Morgan fingerprint density at radius 1 is 1.03 bits per heavy atom. The van der Waals surface area contributed by atoms with Gasteiger partial charge in [0, 0.05) is 0 Å². The highest BCUT2D eigenvalue weighted by molar-refractivity contribution is 6.33. The Labute approximate surface area is 190 Å². The lowest BCUT2D eigenvalue weighted by Crippen LogP contribution is -2.33. The van der Waals surface area contributed by atoms with Gasteiger partial charge in [0.2, 0.25) is 11.8 Å². The summed E-state index contributed by atoms with van der Waals surface area (Å²) >= 11 is 6.26. The highest BCUT2D eigenvalue weighted by atomic mass is 35.5. The van der Waals surface area contributed by atoms with Gasteiger partial charge < -0.3 is 19.8 Å². The maximum atomic E-state index is 12.9. The molecule has 4 aromatic rings. The molecule has 0 spiro atoms. The van der Waals surface area contributed by atoms with E-state index in [1.807, 2.05) is 61.5 Å². The van der Waals surface area contributed by atoms with E-state index in [2.05, 4.69) is 20.8 Å². The van der Waals surface area contributed by atoms with E-state index in [9.17, 15) is 4.79 Å². The number of carbonyl (C=O) groups is 1. The van der Waals surface area contributed by atoms with Crippen molar-refractivity contribution in [1.29, 1.82) is 0 Å². The number of anilines is 1. The molecule has 0 aliphatic rings. The van der Waals surface area contributed by atoms with Gasteiger partial charge in [0.15, 0.2) is 0 Å². The zero-order chi connectivity index (χ0) is 22.5. The lowest BCUT2D eigenvalue weighted by atomic mass is 10.1. The van der Waals surface area contributed by atoms with Crippen LogP contribution in [0.1, 0.15) is 23.1 Å². The summed E-state index contributed by atoms with van der Waals surface area (Å²) in [7, 11) is 1.55. The van der Waals surface area contributed by atoms with Crippen LogP contribution in [0.15, 0.2) is 77.2 Å². The Morgan fingerprint density at radius 2 is 1.78 bits per heavy atom. The topological polar surface area (TPSA) is 89.3 Å². The van der Waals surface area contributed by atoms with E-state index < -0.39 is 12.1 Å². The number of nitrogens with one attached hydrogen (secondary N) is 2. The van der Waals surface area contributed by atoms with Gasteiger partial charge in [-0.05, 0) is 42.3 Å². The van der Waals surface area contributed by atoms with E-state index in [1.165, 1.54) is 0 Å². The summed E-state index contributed by atoms with van der Waals surface area (Å²) in [6, 6.07) is 21.0. The van der Waals surface area contributed by atoms with E-state index in [1.54, 1.807) is 25.3 Å². The number of methoxy groups -OCH3 is 1. The smallest absolute Gasteiger partial charge is 0.320 e. The number of halogens is 1. The largest absolute Gasteiger partial charge is 0.495 e. The lowest BCUT2D eigenvalue weighted by molar-refractivity contribution is 0.248. The molecule has 0 aliphatic heterocycles. The SMILES string of the molecule is COc1ccc(C)cc1NC(=O)NC(c1ccccc1)c1nnc(-c2ccccc2Cl)o1. The summed E-state index contributed by atoms with van der Waals surface area (Å²) < 4.78 is 11.3. The van der Waals surface area contributed by atoms with Gasteiger partial charge in [0.05, 0.1) is 23.4 Å². The van der Waals surface area contributed by atoms with Crippen molar-refractivity contribution in [3.05, 3.63) is 94.8 Å². The van der Waals surface area contributed by atoms with Crippen LogP contribution in [0.3, 0.4) is 0 Å². The minimum atomic E-state index is -0.671. The van der Waals surface area contributed by atoms with Gasteiger partial charge in [-0.3, -0.25) is 0 Å². The van der Waals surface area contributed by atoms with Gasteiger partial charge >= 0.3 is 6.03 Å². The Morgan fingerprint density at radius 3 is 2.53 bits per heavy atom. The first kappa shape index (κ1) is 21.4. The number of benzene rings is 3. The summed E-state index contributed by atoms with van der Waals surface area (Å²) in [5, 5.41) is 14.6. The van der Waals surface area contributed by atoms with Gasteiger partial charge in [0.1, 0.15) is 11.8 Å². The number of amides is 2. The third kappa shape index (κ3) is 4.73. The molecule has 7 nitrogen and oxygen atoms in total. The van der Waals surface area contributed by atoms with Crippen LogP contribution in [0.4, 0.5) is 10.5 Å². The van der Waals surface area contributed by atoms with Crippen molar-refractivity contribution < 1.29 is 13.9 Å². The average molecular weight is 449 g/mol. The predicted molar refractivity (Wildman–Crippen MR) is 123 cm³/mol. The number of aromatic nitrogens is 2. The van der Waals surface area contributed by atoms with Gasteiger partial charge in [-0.15, -0.1) is 10.2 Å². The molecular weight excluding hydrogens is 428 g/mol. The van der Waals surface area contributed by atoms with Gasteiger partial charge in [-0.25, -0.2) is 4.79 Å². The van der Waals surface area contributed by atoms with E-state index >= 15 is 0 Å². The molecule has 0 radical (unpaired) electrons. The third-order valence-electron chi connectivity index (χ3n) is 4.80. The van der Waals surface area contributed by atoms with Crippen LogP contribution in [0.25, 0.3) is 11.5 Å². The molecule has 2 amide bonds. The van der Waals surface area contributed by atoms with Crippen molar-refractivity contribution in [2.75, 3.05) is 12.4 Å². The Hall–Kier alpha value is -3.84. The van der Waals surface area contributed by atoms with Crippen LogP contribution in [0, 0.1) is 6.92 Å². The number of nitrogens with zero attached hydrogens (tertiary/aromatic N) is 2. The van der Waals surface area contributed by atoms with Crippen molar-refractivity contribution in [1.82, 2.24) is 15.5 Å². The van der Waals surface area contributed by atoms with Crippen molar-refractivity contribution in [3.8, 4) is 17.2 Å². The predicted octanol–water partition coefficient (Wildman–Crippen LogP) is 5.62. The standard InChI is InChI=1S/C24H21ClN4O3/c1-15-12-13-20(31-2)19(14-15)26-24(30)27-21(16-8-4-3-5-9-16)23-29-28-22(32-23)17-10-6-7-11-18(17)25/h3-14,21H,1-2H3,(H2,26,27,30). The molecule has 3 aromatic carbocycles. The second kappa shape index (κ2) is 9.53. The lowest BCUT2D eigenvalue weighted by Gasteiger charge is -2.17. The third-order valence-corrected chi connectivity index (χ3v) is 5.13. The molecule has 0 fully saturated rings. The fourth-order valence-electron chi connectivity index (χ4n) is 3.24. The molecule has 1 unspecified atom stereocenters. The van der Waals surface area contributed by atoms with E-state index in [0.717, 1.165) is 11.1 Å². The average Bonchev–Trinajstić information content (AvgIpc) is 3.28. The Kier molecular flexibility index (Phi) is 6.37. The van der Waals surface area contributed by atoms with Gasteiger partial charge in [-0.1, -0.05) is 60.1 Å². The number of aryl methyl sites for hydroxylation is 1. The maximum Gasteiger partial charge on any atom is 0.320 e. The van der Waals surface area contributed by atoms with Crippen molar-refractivity contribution in [2.24, 2.45) is 0 Å². The number of hydrogen-bond acceptors (Lipinski definition) is 5. The van der Waals surface area contributed by atoms with Crippen LogP contribution in [0.2, 0.25) is 5.02 Å². The second-order valence-corrected chi connectivity index (χ2v) is 7.48. The monoisotopic (exact) mass is 448 g/mol. The molecule has 4 rings (SSSR count). The first-order chi connectivity index (χ1) is 15.5. The fraction of sp³-hybridized carbons (Fsp3) is 0.125. The molecule has 0 saturated heterocycles. The molecule has 0 saturated carbocycles. The second-order valence-electron chi connectivity index (χ2n) is 7.07. The van der Waals surface area contributed by atoms with Crippen LogP contribution < -0.4 is 15.4 Å². The quantitative estimate of drug-likeness (QED) is 0.399. The summed E-state index contributed by atoms with van der Waals surface area (Å²) in [4.78, 5) is 12.9. The summed E-state index contributed by atoms with van der Waals surface area (Å²) in [5.74, 6) is 1.06. The number of carbonyl (C=O) groups excluding carboxylic acids is 1. The molecule has 162 valence electrons.